The van der Waals surface area contributed by atoms with Crippen LogP contribution in [0.4, 0.5) is 5.69 Å². The van der Waals surface area contributed by atoms with Gasteiger partial charge in [0.1, 0.15) is 0 Å². The van der Waals surface area contributed by atoms with E-state index in [1.807, 2.05) is 0 Å². The maximum Gasteiger partial charge on any atom is 0.0642 e. The number of nitrogen functional groups attached to an aromatic ring is 1. The average molecular weight is 284 g/mol. The van der Waals surface area contributed by atoms with Crippen LogP contribution in [0.1, 0.15) is 63.8 Å². The summed E-state index contributed by atoms with van der Waals surface area (Å²) in [6.45, 7) is 4.47. The number of hydrogen-bond donors (Lipinski definition) is 1. The molecule has 114 valence electrons. The van der Waals surface area contributed by atoms with Crippen LogP contribution in [0.2, 0.25) is 0 Å². The molecule has 2 aromatic rings. The van der Waals surface area contributed by atoms with Crippen molar-refractivity contribution in [2.45, 2.75) is 65.2 Å². The molecule has 1 aromatic heterocycles. The minimum atomic E-state index is 0.890. The van der Waals surface area contributed by atoms with Crippen molar-refractivity contribution in [3.8, 4) is 0 Å². The van der Waals surface area contributed by atoms with E-state index in [-0.39, 0.29) is 0 Å². The van der Waals surface area contributed by atoms with E-state index in [4.69, 9.17) is 10.7 Å². The van der Waals surface area contributed by atoms with Crippen LogP contribution in [0.5, 0.6) is 0 Å². The van der Waals surface area contributed by atoms with Crippen molar-refractivity contribution in [2.24, 2.45) is 0 Å². The fourth-order valence-electron chi connectivity index (χ4n) is 2.87. The molecule has 0 unspecified atom stereocenters. The van der Waals surface area contributed by atoms with E-state index < -0.39 is 0 Å². The second-order valence-electron chi connectivity index (χ2n) is 5.88. The average Bonchev–Trinajstić information content (AvgIpc) is 2.51. The highest BCUT2D eigenvalue weighted by Gasteiger charge is 2.11. The number of rotatable bonds is 8. The Morgan fingerprint density at radius 1 is 0.810 bits per heavy atom. The molecule has 0 saturated carbocycles. The summed E-state index contributed by atoms with van der Waals surface area (Å²) in [5.74, 6) is 0. The first kappa shape index (κ1) is 15.8. The third kappa shape index (κ3) is 3.96. The molecule has 2 nitrogen and oxygen atoms in total. The summed E-state index contributed by atoms with van der Waals surface area (Å²) < 4.78 is 0. The van der Waals surface area contributed by atoms with Gasteiger partial charge in [-0.25, -0.2) is 0 Å². The smallest absolute Gasteiger partial charge is 0.0642 e. The van der Waals surface area contributed by atoms with Crippen LogP contribution in [0, 0.1) is 0 Å². The topological polar surface area (TPSA) is 38.9 Å². The molecule has 1 heterocycles. The lowest BCUT2D eigenvalue weighted by atomic mass is 10.0. The standard InChI is InChI=1S/C19H28N2/c1-3-5-7-13-17-15-11-9-10-12-16(15)19(20)18(21-17)14-8-6-4-2/h9-12H,3-8,13-14,20H2,1-2H3. The van der Waals surface area contributed by atoms with Crippen molar-refractivity contribution in [1.82, 2.24) is 4.98 Å². The molecule has 2 N–H and O–H groups in total. The van der Waals surface area contributed by atoms with Gasteiger partial charge in [0, 0.05) is 16.5 Å². The number of pyridine rings is 1. The zero-order chi connectivity index (χ0) is 15.1. The van der Waals surface area contributed by atoms with Crippen molar-refractivity contribution in [1.29, 1.82) is 0 Å². The lowest BCUT2D eigenvalue weighted by Crippen LogP contribution is -2.04. The van der Waals surface area contributed by atoms with Crippen molar-refractivity contribution < 1.29 is 0 Å². The van der Waals surface area contributed by atoms with E-state index in [1.165, 1.54) is 55.0 Å². The molecule has 21 heavy (non-hydrogen) atoms. The Morgan fingerprint density at radius 2 is 1.38 bits per heavy atom. The van der Waals surface area contributed by atoms with Crippen molar-refractivity contribution in [3.63, 3.8) is 0 Å². The number of hydrogen-bond acceptors (Lipinski definition) is 2. The molecule has 0 aliphatic carbocycles. The fourth-order valence-corrected chi connectivity index (χ4v) is 2.87. The molecule has 1 aromatic carbocycles. The summed E-state index contributed by atoms with van der Waals surface area (Å²) >= 11 is 0. The SMILES string of the molecule is CCCCCc1nc(CCCCC)c2ccccc2c1N. The molecule has 0 bridgehead atoms. The van der Waals surface area contributed by atoms with E-state index in [9.17, 15) is 0 Å². The maximum atomic E-state index is 6.36. The fraction of sp³-hybridized carbons (Fsp3) is 0.526. The van der Waals surface area contributed by atoms with Gasteiger partial charge in [-0.15, -0.1) is 0 Å². The van der Waals surface area contributed by atoms with Crippen LogP contribution in [0.25, 0.3) is 10.8 Å². The summed E-state index contributed by atoms with van der Waals surface area (Å²) in [6, 6.07) is 8.46. The molecular weight excluding hydrogens is 256 g/mol. The monoisotopic (exact) mass is 284 g/mol. The first-order valence-electron chi connectivity index (χ1n) is 8.43. The van der Waals surface area contributed by atoms with E-state index in [1.54, 1.807) is 0 Å². The third-order valence-corrected chi connectivity index (χ3v) is 4.14. The predicted octanol–water partition coefficient (Wildman–Crippen LogP) is 5.28. The molecule has 0 aliphatic rings. The Balaban J connectivity index is 2.32. The highest BCUT2D eigenvalue weighted by molar-refractivity contribution is 5.95. The Hall–Kier alpha value is -1.57. The summed E-state index contributed by atoms with van der Waals surface area (Å²) in [7, 11) is 0. The van der Waals surface area contributed by atoms with Crippen LogP contribution in [-0.2, 0) is 12.8 Å². The first-order valence-corrected chi connectivity index (χ1v) is 8.43. The van der Waals surface area contributed by atoms with Crippen LogP contribution in [-0.4, -0.2) is 4.98 Å². The van der Waals surface area contributed by atoms with E-state index in [2.05, 4.69) is 38.1 Å². The summed E-state index contributed by atoms with van der Waals surface area (Å²) in [6.07, 6.45) is 9.46. The van der Waals surface area contributed by atoms with Crippen LogP contribution < -0.4 is 5.73 Å². The summed E-state index contributed by atoms with van der Waals surface area (Å²) in [4.78, 5) is 4.92. The van der Waals surface area contributed by atoms with Gasteiger partial charge < -0.3 is 5.73 Å². The number of unbranched alkanes of at least 4 members (excludes halogenated alkanes) is 4. The Kier molecular flexibility index (Phi) is 6.04. The van der Waals surface area contributed by atoms with Crippen molar-refractivity contribution in [3.05, 3.63) is 35.7 Å². The van der Waals surface area contributed by atoms with Gasteiger partial charge in [0.2, 0.25) is 0 Å². The maximum absolute atomic E-state index is 6.36. The summed E-state index contributed by atoms with van der Waals surface area (Å²) in [5.41, 5.74) is 9.59. The van der Waals surface area contributed by atoms with Crippen LogP contribution in [0.15, 0.2) is 24.3 Å². The molecule has 2 heteroatoms. The molecule has 0 saturated heterocycles. The van der Waals surface area contributed by atoms with E-state index >= 15 is 0 Å². The van der Waals surface area contributed by atoms with Gasteiger partial charge in [-0.2, -0.15) is 0 Å². The van der Waals surface area contributed by atoms with Crippen molar-refractivity contribution >= 4 is 16.5 Å². The van der Waals surface area contributed by atoms with E-state index in [0.29, 0.717) is 0 Å². The molecular formula is C19H28N2. The highest BCUT2D eigenvalue weighted by Crippen LogP contribution is 2.28. The van der Waals surface area contributed by atoms with Gasteiger partial charge in [-0.1, -0.05) is 63.8 Å². The Morgan fingerprint density at radius 3 is 2.00 bits per heavy atom. The molecule has 0 atom stereocenters. The number of nitrogens with zero attached hydrogens (tertiary/aromatic N) is 1. The number of anilines is 1. The predicted molar refractivity (Wildman–Crippen MR) is 92.6 cm³/mol. The van der Waals surface area contributed by atoms with Gasteiger partial charge in [-0.3, -0.25) is 4.98 Å². The third-order valence-electron chi connectivity index (χ3n) is 4.14. The Bertz CT molecular complexity index is 575. The lowest BCUT2D eigenvalue weighted by molar-refractivity contribution is 0.692. The largest absolute Gasteiger partial charge is 0.397 e. The first-order chi connectivity index (χ1) is 10.3. The minimum Gasteiger partial charge on any atom is -0.397 e. The molecule has 0 fully saturated rings. The Labute approximate surface area is 128 Å². The molecule has 0 aliphatic heterocycles. The summed E-state index contributed by atoms with van der Waals surface area (Å²) in [5, 5.41) is 2.43. The van der Waals surface area contributed by atoms with Gasteiger partial charge in [0.15, 0.2) is 0 Å². The number of fused-ring (bicyclic) bond motifs is 1. The van der Waals surface area contributed by atoms with Crippen LogP contribution >= 0.6 is 0 Å². The van der Waals surface area contributed by atoms with Gasteiger partial charge >= 0.3 is 0 Å². The quantitative estimate of drug-likeness (QED) is 0.669. The zero-order valence-electron chi connectivity index (χ0n) is 13.5. The molecule has 2 rings (SSSR count). The van der Waals surface area contributed by atoms with Gasteiger partial charge in [0.05, 0.1) is 11.4 Å². The van der Waals surface area contributed by atoms with Crippen LogP contribution in [0.3, 0.4) is 0 Å². The second-order valence-corrected chi connectivity index (χ2v) is 5.88. The molecule has 0 radical (unpaired) electrons. The highest BCUT2D eigenvalue weighted by atomic mass is 14.8. The second kappa shape index (κ2) is 8.02. The normalized spacial score (nSPS) is 11.1. The lowest BCUT2D eigenvalue weighted by Gasteiger charge is -2.13. The van der Waals surface area contributed by atoms with E-state index in [0.717, 1.165) is 24.2 Å². The molecule has 0 amide bonds. The number of aromatic nitrogens is 1. The zero-order valence-corrected chi connectivity index (χ0v) is 13.5. The number of nitrogens with two attached hydrogens (primary N) is 1. The number of benzene rings is 1. The van der Waals surface area contributed by atoms with Gasteiger partial charge in [-0.05, 0) is 25.7 Å². The van der Waals surface area contributed by atoms with Gasteiger partial charge in [0.25, 0.3) is 0 Å². The number of aryl methyl sites for hydroxylation is 2. The minimum absolute atomic E-state index is 0.890. The van der Waals surface area contributed by atoms with Crippen molar-refractivity contribution in [2.75, 3.05) is 5.73 Å². The molecule has 0 spiro atoms.